The Balaban J connectivity index is 1.57. The molecule has 0 radical (unpaired) electrons. The zero-order chi connectivity index (χ0) is 26.0. The van der Waals surface area contributed by atoms with Crippen molar-refractivity contribution >= 4 is 17.5 Å². The van der Waals surface area contributed by atoms with Gasteiger partial charge in [0.1, 0.15) is 6.61 Å². The van der Waals surface area contributed by atoms with Crippen LogP contribution in [0.3, 0.4) is 0 Å². The number of rotatable bonds is 4. The number of allylic oxidation sites excluding steroid dienone is 4. The summed E-state index contributed by atoms with van der Waals surface area (Å²) in [6.45, 7) is 7.51. The quantitative estimate of drug-likeness (QED) is 0.615. The van der Waals surface area contributed by atoms with E-state index in [1.807, 2.05) is 13.8 Å². The first-order valence-electron chi connectivity index (χ1n) is 13.0. The maximum atomic E-state index is 13.4. The maximum absolute atomic E-state index is 13.4. The van der Waals surface area contributed by atoms with Crippen LogP contribution in [-0.2, 0) is 14.3 Å². The third-order valence-electron chi connectivity index (χ3n) is 10.3. The minimum atomic E-state index is -1.50. The third-order valence-corrected chi connectivity index (χ3v) is 10.3. The first kappa shape index (κ1) is 25.1. The molecule has 0 unspecified atom stereocenters. The lowest BCUT2D eigenvalue weighted by Gasteiger charge is -2.62. The summed E-state index contributed by atoms with van der Waals surface area (Å²) in [6.07, 6.45) is 4.75. The molecule has 192 valence electrons. The Morgan fingerprint density at radius 1 is 1.14 bits per heavy atom. The van der Waals surface area contributed by atoms with Crippen LogP contribution >= 0.6 is 0 Å². The smallest absolute Gasteiger partial charge is 0.339 e. The molecular formula is C30H36O6. The number of carbonyl (C=O) groups excluding carboxylic acids is 3. The van der Waals surface area contributed by atoms with Gasteiger partial charge in [-0.2, -0.15) is 0 Å². The van der Waals surface area contributed by atoms with Crippen LogP contribution in [-0.4, -0.2) is 46.1 Å². The van der Waals surface area contributed by atoms with Crippen LogP contribution in [0.15, 0.2) is 53.6 Å². The number of aliphatic hydroxyl groups is 2. The van der Waals surface area contributed by atoms with Crippen molar-refractivity contribution < 1.29 is 29.3 Å². The van der Waals surface area contributed by atoms with Crippen molar-refractivity contribution in [1.29, 1.82) is 0 Å². The minimum absolute atomic E-state index is 0.00154. The van der Waals surface area contributed by atoms with Gasteiger partial charge in [-0.25, -0.2) is 4.79 Å². The zero-order valence-corrected chi connectivity index (χ0v) is 21.5. The second-order valence-corrected chi connectivity index (χ2v) is 11.9. The van der Waals surface area contributed by atoms with Gasteiger partial charge in [0.15, 0.2) is 11.4 Å². The molecule has 2 N–H and O–H groups in total. The molecule has 36 heavy (non-hydrogen) atoms. The number of Topliss-reactive ketones (excluding diaryl/α,β-unsaturated/α-hetero) is 1. The van der Waals surface area contributed by atoms with Gasteiger partial charge < -0.3 is 14.9 Å². The molecule has 3 saturated carbocycles. The van der Waals surface area contributed by atoms with E-state index in [4.69, 9.17) is 4.74 Å². The van der Waals surface area contributed by atoms with Crippen LogP contribution in [0.25, 0.3) is 0 Å². The summed E-state index contributed by atoms with van der Waals surface area (Å²) in [7, 11) is 0. The van der Waals surface area contributed by atoms with Gasteiger partial charge in [-0.3, -0.25) is 9.59 Å². The first-order chi connectivity index (χ1) is 17.0. The topological polar surface area (TPSA) is 101 Å². The second kappa shape index (κ2) is 8.49. The molecular weight excluding hydrogens is 456 g/mol. The largest absolute Gasteiger partial charge is 0.447 e. The SMILES string of the molecule is CC1=CC(=O)C=C2[C@@H](C)C[C@@H]3[C@H]([C@@H](O)C[C@@]4(C)[C@H]3CC[C@]4(OC(=O)c3ccccc3)C(=O)CO)[C@@]12C. The van der Waals surface area contributed by atoms with Crippen molar-refractivity contribution in [2.75, 3.05) is 6.61 Å². The zero-order valence-electron chi connectivity index (χ0n) is 21.5. The molecule has 5 rings (SSSR count). The van der Waals surface area contributed by atoms with Gasteiger partial charge in [0.2, 0.25) is 5.78 Å². The van der Waals surface area contributed by atoms with Crippen molar-refractivity contribution in [3.05, 3.63) is 59.2 Å². The van der Waals surface area contributed by atoms with Crippen LogP contribution in [0.1, 0.15) is 63.7 Å². The molecule has 4 aliphatic rings. The molecule has 0 amide bonds. The van der Waals surface area contributed by atoms with Crippen LogP contribution in [0.4, 0.5) is 0 Å². The van der Waals surface area contributed by atoms with Crippen LogP contribution < -0.4 is 0 Å². The average Bonchev–Trinajstić information content (AvgIpc) is 3.13. The average molecular weight is 493 g/mol. The molecule has 8 atom stereocenters. The highest BCUT2D eigenvalue weighted by Crippen LogP contribution is 2.69. The van der Waals surface area contributed by atoms with E-state index >= 15 is 0 Å². The summed E-state index contributed by atoms with van der Waals surface area (Å²) in [5.41, 5.74) is -0.353. The molecule has 0 heterocycles. The Kier molecular flexibility index (Phi) is 5.92. The molecule has 0 aliphatic heterocycles. The highest BCUT2D eigenvalue weighted by molar-refractivity contribution is 6.02. The molecule has 6 heteroatoms. The standard InChI is InChI=1S/C30H36O6/c1-17-12-21-22-10-11-30(25(34)16-31,36-27(35)19-8-6-5-7-9-19)28(22,3)15-24(33)26(21)29(4)18(2)13-20(32)14-23(17)29/h5-9,13-14,17,21-22,24,26,31,33H,10-12,15-16H2,1-4H3/t17-,21-,22-,24-,26+,28-,29-,30-/m0/s1. The predicted octanol–water partition coefficient (Wildman–Crippen LogP) is 4.06. The molecule has 4 aliphatic carbocycles. The molecule has 0 saturated heterocycles. The number of carbonyl (C=O) groups is 3. The summed E-state index contributed by atoms with van der Waals surface area (Å²) in [5, 5.41) is 21.8. The highest BCUT2D eigenvalue weighted by atomic mass is 16.6. The monoisotopic (exact) mass is 492 g/mol. The summed E-state index contributed by atoms with van der Waals surface area (Å²) in [4.78, 5) is 39.0. The Labute approximate surface area is 212 Å². The van der Waals surface area contributed by atoms with E-state index in [9.17, 15) is 24.6 Å². The van der Waals surface area contributed by atoms with E-state index in [-0.39, 0.29) is 35.9 Å². The van der Waals surface area contributed by atoms with E-state index in [1.165, 1.54) is 0 Å². The molecule has 0 bridgehead atoms. The Morgan fingerprint density at radius 2 is 1.83 bits per heavy atom. The van der Waals surface area contributed by atoms with Crippen LogP contribution in [0.2, 0.25) is 0 Å². The molecule has 0 aromatic heterocycles. The Morgan fingerprint density at radius 3 is 2.50 bits per heavy atom. The number of ether oxygens (including phenoxy) is 1. The van der Waals surface area contributed by atoms with Crippen molar-refractivity contribution in [2.24, 2.45) is 34.5 Å². The molecule has 3 fully saturated rings. The van der Waals surface area contributed by atoms with E-state index in [1.54, 1.807) is 42.5 Å². The lowest BCUT2D eigenvalue weighted by atomic mass is 9.43. The fourth-order valence-corrected chi connectivity index (χ4v) is 8.67. The summed E-state index contributed by atoms with van der Waals surface area (Å²) >= 11 is 0. The minimum Gasteiger partial charge on any atom is -0.447 e. The van der Waals surface area contributed by atoms with Gasteiger partial charge in [-0.15, -0.1) is 0 Å². The van der Waals surface area contributed by atoms with Crippen LogP contribution in [0, 0.1) is 34.5 Å². The number of esters is 1. The van der Waals surface area contributed by atoms with Crippen molar-refractivity contribution in [3.8, 4) is 0 Å². The number of benzene rings is 1. The van der Waals surface area contributed by atoms with Gasteiger partial charge in [-0.1, -0.05) is 50.1 Å². The van der Waals surface area contributed by atoms with Gasteiger partial charge in [0.05, 0.1) is 11.7 Å². The Hall–Kier alpha value is -2.57. The first-order valence-corrected chi connectivity index (χ1v) is 13.0. The third kappa shape index (κ3) is 3.26. The Bertz CT molecular complexity index is 1170. The van der Waals surface area contributed by atoms with E-state index in [0.29, 0.717) is 18.4 Å². The number of hydrogen-bond acceptors (Lipinski definition) is 6. The van der Waals surface area contributed by atoms with Gasteiger partial charge in [0, 0.05) is 16.7 Å². The highest BCUT2D eigenvalue weighted by Gasteiger charge is 2.71. The van der Waals surface area contributed by atoms with Crippen molar-refractivity contribution in [3.63, 3.8) is 0 Å². The summed E-state index contributed by atoms with van der Waals surface area (Å²) in [6, 6.07) is 8.59. The van der Waals surface area contributed by atoms with Crippen molar-refractivity contribution in [2.45, 2.75) is 65.1 Å². The molecule has 1 aromatic carbocycles. The van der Waals surface area contributed by atoms with Crippen molar-refractivity contribution in [1.82, 2.24) is 0 Å². The molecule has 0 spiro atoms. The second-order valence-electron chi connectivity index (χ2n) is 11.9. The summed E-state index contributed by atoms with van der Waals surface area (Å²) in [5.74, 6) is -0.942. The summed E-state index contributed by atoms with van der Waals surface area (Å²) < 4.78 is 6.11. The van der Waals surface area contributed by atoms with E-state index in [2.05, 4.69) is 13.8 Å². The number of hydrogen-bond donors (Lipinski definition) is 2. The maximum Gasteiger partial charge on any atom is 0.339 e. The number of aliphatic hydroxyl groups excluding tert-OH is 2. The molecule has 1 aromatic rings. The van der Waals surface area contributed by atoms with Gasteiger partial charge in [-0.05, 0) is 74.6 Å². The number of ketones is 2. The normalized spacial score (nSPS) is 41.4. The fraction of sp³-hybridized carbons (Fsp3) is 0.567. The fourth-order valence-electron chi connectivity index (χ4n) is 8.67. The van der Waals surface area contributed by atoms with Gasteiger partial charge >= 0.3 is 5.97 Å². The molecule has 6 nitrogen and oxygen atoms in total. The van der Waals surface area contributed by atoms with E-state index < -0.39 is 40.9 Å². The predicted molar refractivity (Wildman–Crippen MR) is 134 cm³/mol. The lowest BCUT2D eigenvalue weighted by molar-refractivity contribution is -0.182. The number of fused-ring (bicyclic) bond motifs is 5. The van der Waals surface area contributed by atoms with Gasteiger partial charge in [0.25, 0.3) is 0 Å². The van der Waals surface area contributed by atoms with Crippen LogP contribution in [0.5, 0.6) is 0 Å². The van der Waals surface area contributed by atoms with E-state index in [0.717, 1.165) is 17.6 Å². The lowest BCUT2D eigenvalue weighted by Crippen LogP contribution is -2.63.